The first-order chi connectivity index (χ1) is 12.9. The van der Waals surface area contributed by atoms with Gasteiger partial charge in [0.15, 0.2) is 11.2 Å². The predicted octanol–water partition coefficient (Wildman–Crippen LogP) is 1.76. The van der Waals surface area contributed by atoms with Gasteiger partial charge in [0.2, 0.25) is 5.78 Å². The molecule has 27 heavy (non-hydrogen) atoms. The van der Waals surface area contributed by atoms with Gasteiger partial charge in [0.25, 0.3) is 5.56 Å². The number of fused-ring (bicyclic) bond motifs is 3. The van der Waals surface area contributed by atoms with Gasteiger partial charge >= 0.3 is 5.69 Å². The van der Waals surface area contributed by atoms with E-state index in [0.29, 0.717) is 35.1 Å². The van der Waals surface area contributed by atoms with E-state index < -0.39 is 0 Å². The Morgan fingerprint density at radius 2 is 1.81 bits per heavy atom. The Hall–Kier alpha value is -3.00. The molecule has 0 unspecified atom stereocenters. The molecule has 0 aliphatic rings. The Balaban J connectivity index is 1.73. The maximum absolute atomic E-state index is 12.6. The summed E-state index contributed by atoms with van der Waals surface area (Å²) < 4.78 is 6.28. The number of benzene rings is 1. The zero-order valence-electron chi connectivity index (χ0n) is 15.2. The summed E-state index contributed by atoms with van der Waals surface area (Å²) in [5.74, 6) is 0.638. The van der Waals surface area contributed by atoms with Crippen LogP contribution in [0.2, 0.25) is 5.02 Å². The highest BCUT2D eigenvalue weighted by atomic mass is 35.5. The number of hydrogen-bond acceptors (Lipinski definition) is 4. The Labute approximate surface area is 159 Å². The minimum Gasteiger partial charge on any atom is -0.383 e. The largest absolute Gasteiger partial charge is 0.383 e. The summed E-state index contributed by atoms with van der Waals surface area (Å²) >= 11 is 5.91. The predicted molar refractivity (Wildman–Crippen MR) is 106 cm³/mol. The van der Waals surface area contributed by atoms with Crippen molar-refractivity contribution in [2.45, 2.75) is 13.5 Å². The third-order valence-electron chi connectivity index (χ3n) is 4.76. The van der Waals surface area contributed by atoms with E-state index in [1.807, 2.05) is 42.0 Å². The Morgan fingerprint density at radius 3 is 2.52 bits per heavy atom. The van der Waals surface area contributed by atoms with Crippen LogP contribution in [0.15, 0.2) is 40.1 Å². The zero-order valence-corrected chi connectivity index (χ0v) is 16.0. The molecule has 0 spiro atoms. The molecule has 1 aromatic carbocycles. The second-order valence-electron chi connectivity index (χ2n) is 6.52. The fourth-order valence-corrected chi connectivity index (χ4v) is 3.41. The van der Waals surface area contributed by atoms with E-state index in [0.717, 1.165) is 15.9 Å². The average Bonchev–Trinajstić information content (AvgIpc) is 3.16. The molecule has 3 heterocycles. The number of aromatic nitrogens is 5. The molecule has 1 N–H and O–H groups in total. The molecule has 0 atom stereocenters. The van der Waals surface area contributed by atoms with Crippen molar-refractivity contribution in [2.24, 2.45) is 14.1 Å². The first-order valence-corrected chi connectivity index (χ1v) is 8.89. The number of aryl methyl sites for hydroxylation is 2. The number of anilines is 1. The van der Waals surface area contributed by atoms with Crippen LogP contribution in [-0.2, 0) is 20.6 Å². The molecule has 8 nitrogen and oxygen atoms in total. The quantitative estimate of drug-likeness (QED) is 0.579. The molecule has 140 valence electrons. The molecule has 4 aromatic rings. The lowest BCUT2D eigenvalue weighted by molar-refractivity contribution is 0.706. The minimum absolute atomic E-state index is 0.350. The van der Waals surface area contributed by atoms with E-state index in [1.165, 1.54) is 11.6 Å². The minimum atomic E-state index is -0.388. The highest BCUT2D eigenvalue weighted by Crippen LogP contribution is 2.17. The first kappa shape index (κ1) is 17.4. The summed E-state index contributed by atoms with van der Waals surface area (Å²) in [5, 5.41) is 4.03. The van der Waals surface area contributed by atoms with Crippen LogP contribution in [0.25, 0.3) is 16.9 Å². The molecule has 0 radical (unpaired) electrons. The highest BCUT2D eigenvalue weighted by molar-refractivity contribution is 6.30. The molecule has 0 saturated carbocycles. The van der Waals surface area contributed by atoms with Gasteiger partial charge in [-0.25, -0.2) is 4.79 Å². The van der Waals surface area contributed by atoms with Gasteiger partial charge in [-0.15, -0.1) is 0 Å². The summed E-state index contributed by atoms with van der Waals surface area (Å²) in [6.07, 6.45) is 1.87. The second-order valence-corrected chi connectivity index (χ2v) is 6.95. The van der Waals surface area contributed by atoms with E-state index in [9.17, 15) is 9.59 Å². The molecule has 0 aliphatic carbocycles. The molecule has 0 aliphatic heterocycles. The summed E-state index contributed by atoms with van der Waals surface area (Å²) in [6.45, 7) is 3.30. The number of halogens is 1. The van der Waals surface area contributed by atoms with Crippen molar-refractivity contribution in [3.63, 3.8) is 0 Å². The van der Waals surface area contributed by atoms with Crippen molar-refractivity contribution in [3.05, 3.63) is 62.0 Å². The van der Waals surface area contributed by atoms with Crippen molar-refractivity contribution >= 4 is 34.2 Å². The lowest BCUT2D eigenvalue weighted by Crippen LogP contribution is -2.37. The number of rotatable bonds is 4. The Morgan fingerprint density at radius 1 is 1.11 bits per heavy atom. The van der Waals surface area contributed by atoms with Crippen molar-refractivity contribution < 1.29 is 0 Å². The number of hydrogen-bond donors (Lipinski definition) is 1. The van der Waals surface area contributed by atoms with Crippen LogP contribution in [0.1, 0.15) is 5.69 Å². The summed E-state index contributed by atoms with van der Waals surface area (Å²) in [4.78, 5) is 29.3. The summed E-state index contributed by atoms with van der Waals surface area (Å²) in [6, 6.07) is 7.51. The van der Waals surface area contributed by atoms with E-state index in [4.69, 9.17) is 11.6 Å². The molecule has 0 amide bonds. The van der Waals surface area contributed by atoms with Crippen molar-refractivity contribution in [1.29, 1.82) is 0 Å². The normalized spacial score (nSPS) is 11.6. The smallest absolute Gasteiger partial charge is 0.332 e. The highest BCUT2D eigenvalue weighted by Gasteiger charge is 2.18. The van der Waals surface area contributed by atoms with Gasteiger partial charge in [0.1, 0.15) is 0 Å². The molecule has 4 rings (SSSR count). The van der Waals surface area contributed by atoms with Crippen LogP contribution >= 0.6 is 11.6 Å². The third-order valence-corrected chi connectivity index (χ3v) is 5.02. The third kappa shape index (κ3) is 2.73. The summed E-state index contributed by atoms with van der Waals surface area (Å²) in [5.41, 5.74) is 2.01. The average molecular weight is 387 g/mol. The van der Waals surface area contributed by atoms with E-state index in [-0.39, 0.29) is 11.2 Å². The number of nitrogens with zero attached hydrogens (tertiary/aromatic N) is 5. The van der Waals surface area contributed by atoms with Gasteiger partial charge in [-0.3, -0.25) is 18.3 Å². The van der Waals surface area contributed by atoms with Crippen molar-refractivity contribution in [2.75, 3.05) is 11.9 Å². The van der Waals surface area contributed by atoms with Crippen LogP contribution in [0.4, 0.5) is 5.69 Å². The van der Waals surface area contributed by atoms with Crippen molar-refractivity contribution in [3.8, 4) is 0 Å². The molecule has 0 fully saturated rings. The monoisotopic (exact) mass is 386 g/mol. The summed E-state index contributed by atoms with van der Waals surface area (Å²) in [7, 11) is 3.10. The lowest BCUT2D eigenvalue weighted by atomic mass is 10.3. The van der Waals surface area contributed by atoms with Gasteiger partial charge in [-0.1, -0.05) is 11.6 Å². The first-order valence-electron chi connectivity index (χ1n) is 8.52. The molecule has 3 aromatic heterocycles. The maximum atomic E-state index is 12.6. The van der Waals surface area contributed by atoms with Gasteiger partial charge < -0.3 is 9.88 Å². The van der Waals surface area contributed by atoms with E-state index in [1.54, 1.807) is 11.4 Å². The van der Waals surface area contributed by atoms with Gasteiger partial charge in [-0.05, 0) is 31.2 Å². The molecule has 0 bridgehead atoms. The van der Waals surface area contributed by atoms with Gasteiger partial charge in [0, 0.05) is 49.8 Å². The second kappa shape index (κ2) is 6.31. The topological polar surface area (TPSA) is 78.3 Å². The zero-order chi connectivity index (χ0) is 19.3. The van der Waals surface area contributed by atoms with Gasteiger partial charge in [0.05, 0.1) is 0 Å². The van der Waals surface area contributed by atoms with Crippen molar-refractivity contribution in [1.82, 2.24) is 23.1 Å². The fraction of sp³-hybridized carbons (Fsp3) is 0.278. The Kier molecular flexibility index (Phi) is 4.07. The molecule has 0 saturated heterocycles. The van der Waals surface area contributed by atoms with Crippen LogP contribution in [0.5, 0.6) is 0 Å². The molecule has 9 heteroatoms. The van der Waals surface area contributed by atoms with E-state index in [2.05, 4.69) is 10.3 Å². The van der Waals surface area contributed by atoms with Crippen LogP contribution in [0.3, 0.4) is 0 Å². The van der Waals surface area contributed by atoms with Crippen LogP contribution in [0, 0.1) is 6.92 Å². The standard InChI is InChI=1S/C18H19ClN6O2/c1-11-10-25-14-15(22(2)18(27)23(3)16(14)26)21-17(25)24(11)9-8-20-13-6-4-12(19)5-7-13/h4-7,10,20H,8-9H2,1-3H3. The Bertz CT molecular complexity index is 1280. The molecular weight excluding hydrogens is 368 g/mol. The number of nitrogens with one attached hydrogen (secondary N) is 1. The maximum Gasteiger partial charge on any atom is 0.332 e. The van der Waals surface area contributed by atoms with E-state index >= 15 is 0 Å². The lowest BCUT2D eigenvalue weighted by Gasteiger charge is -2.09. The van der Waals surface area contributed by atoms with Gasteiger partial charge in [-0.2, -0.15) is 4.98 Å². The molecular formula is C18H19ClN6O2. The van der Waals surface area contributed by atoms with Crippen LogP contribution < -0.4 is 16.6 Å². The number of imidazole rings is 2. The van der Waals surface area contributed by atoms with Crippen LogP contribution in [-0.4, -0.2) is 29.6 Å². The SMILES string of the molecule is Cc1cn2c3c(=O)n(C)c(=O)n(C)c3nc2n1CCNc1ccc(Cl)cc1. The fourth-order valence-electron chi connectivity index (χ4n) is 3.29.